The van der Waals surface area contributed by atoms with E-state index >= 15 is 0 Å². The van der Waals surface area contributed by atoms with Gasteiger partial charge in [0.25, 0.3) is 0 Å². The number of aromatic hydroxyl groups is 1. The molecule has 0 saturated carbocycles. The molecule has 0 aromatic heterocycles. The number of nitrogens with zero attached hydrogens (tertiary/aromatic N) is 1. The molecule has 2 aromatic rings. The first-order chi connectivity index (χ1) is 9.60. The fraction of sp³-hybridized carbons (Fsp3) is 0.188. The number of benzene rings is 2. The Kier molecular flexibility index (Phi) is 4.25. The van der Waals surface area contributed by atoms with Crippen LogP contribution < -0.4 is 10.2 Å². The number of phenolic OH excluding ortho intramolecular Hbond substituents is 1. The zero-order chi connectivity index (χ0) is 14.5. The van der Waals surface area contributed by atoms with Gasteiger partial charge >= 0.3 is 0 Å². The number of methoxy groups -OCH3 is 1. The molecule has 0 amide bonds. The monoisotopic (exact) mass is 270 g/mol. The van der Waals surface area contributed by atoms with Gasteiger partial charge in [-0.05, 0) is 49.7 Å². The van der Waals surface area contributed by atoms with E-state index in [1.807, 2.05) is 38.1 Å². The van der Waals surface area contributed by atoms with Gasteiger partial charge in [-0.3, -0.25) is 5.43 Å². The third-order valence-electron chi connectivity index (χ3n) is 2.96. The Hall–Kier alpha value is -2.49. The van der Waals surface area contributed by atoms with Gasteiger partial charge in [-0.2, -0.15) is 5.10 Å². The van der Waals surface area contributed by atoms with E-state index in [1.165, 1.54) is 0 Å². The van der Waals surface area contributed by atoms with Crippen molar-refractivity contribution >= 4 is 11.4 Å². The van der Waals surface area contributed by atoms with Gasteiger partial charge in [0.1, 0.15) is 11.5 Å². The Morgan fingerprint density at radius 2 is 2.00 bits per heavy atom. The average Bonchev–Trinajstić information content (AvgIpc) is 2.45. The van der Waals surface area contributed by atoms with Gasteiger partial charge in [0.2, 0.25) is 0 Å². The third-order valence-corrected chi connectivity index (χ3v) is 2.96. The lowest BCUT2D eigenvalue weighted by atomic mass is 10.1. The highest BCUT2D eigenvalue weighted by Crippen LogP contribution is 2.23. The molecule has 4 heteroatoms. The Labute approximate surface area is 118 Å². The summed E-state index contributed by atoms with van der Waals surface area (Å²) in [7, 11) is 1.59. The van der Waals surface area contributed by atoms with Crippen LogP contribution in [0, 0.1) is 6.92 Å². The topological polar surface area (TPSA) is 53.9 Å². The third kappa shape index (κ3) is 3.29. The van der Waals surface area contributed by atoms with Gasteiger partial charge in [-0.1, -0.05) is 12.1 Å². The first-order valence-corrected chi connectivity index (χ1v) is 6.34. The molecule has 104 valence electrons. The zero-order valence-electron chi connectivity index (χ0n) is 11.8. The van der Waals surface area contributed by atoms with Crippen molar-refractivity contribution in [3.05, 3.63) is 53.6 Å². The van der Waals surface area contributed by atoms with Crippen molar-refractivity contribution in [2.45, 2.75) is 13.8 Å². The van der Waals surface area contributed by atoms with Crippen LogP contribution in [0.15, 0.2) is 47.6 Å². The molecule has 0 atom stereocenters. The predicted octanol–water partition coefficient (Wildman–Crippen LogP) is 3.55. The molecule has 0 aliphatic rings. The Bertz CT molecular complexity index is 636. The van der Waals surface area contributed by atoms with Crippen molar-refractivity contribution in [2.24, 2.45) is 5.10 Å². The minimum absolute atomic E-state index is 0.179. The fourth-order valence-corrected chi connectivity index (χ4v) is 1.86. The van der Waals surface area contributed by atoms with Gasteiger partial charge in [0, 0.05) is 5.56 Å². The molecule has 0 fully saturated rings. The minimum atomic E-state index is 0.179. The highest BCUT2D eigenvalue weighted by Gasteiger charge is 2.06. The number of phenols is 1. The summed E-state index contributed by atoms with van der Waals surface area (Å²) in [5.41, 5.74) is 6.38. The van der Waals surface area contributed by atoms with Gasteiger partial charge in [0.05, 0.1) is 18.5 Å². The number of hydrogen-bond donors (Lipinski definition) is 2. The lowest BCUT2D eigenvalue weighted by Gasteiger charge is -2.08. The van der Waals surface area contributed by atoms with Crippen LogP contribution in [-0.2, 0) is 0 Å². The second kappa shape index (κ2) is 6.10. The van der Waals surface area contributed by atoms with Crippen molar-refractivity contribution in [3.63, 3.8) is 0 Å². The van der Waals surface area contributed by atoms with Gasteiger partial charge in [-0.15, -0.1) is 0 Å². The molecule has 0 spiro atoms. The number of nitrogens with one attached hydrogen (secondary N) is 1. The van der Waals surface area contributed by atoms with Crippen LogP contribution in [0.2, 0.25) is 0 Å². The van der Waals surface area contributed by atoms with Crippen LogP contribution in [0.5, 0.6) is 11.5 Å². The van der Waals surface area contributed by atoms with E-state index in [0.29, 0.717) is 17.0 Å². The summed E-state index contributed by atoms with van der Waals surface area (Å²) < 4.78 is 5.15. The molecule has 0 heterocycles. The molecule has 0 unspecified atom stereocenters. The van der Waals surface area contributed by atoms with Crippen LogP contribution in [0.3, 0.4) is 0 Å². The summed E-state index contributed by atoms with van der Waals surface area (Å²) in [5.74, 6) is 0.862. The summed E-state index contributed by atoms with van der Waals surface area (Å²) in [5, 5.41) is 14.2. The van der Waals surface area contributed by atoms with E-state index < -0.39 is 0 Å². The van der Waals surface area contributed by atoms with Crippen LogP contribution in [-0.4, -0.2) is 17.9 Å². The van der Waals surface area contributed by atoms with E-state index in [1.54, 1.807) is 25.3 Å². The number of aryl methyl sites for hydroxylation is 1. The molecule has 2 N–H and O–H groups in total. The molecular weight excluding hydrogens is 252 g/mol. The second-order valence-corrected chi connectivity index (χ2v) is 4.56. The van der Waals surface area contributed by atoms with Gasteiger partial charge < -0.3 is 9.84 Å². The SMILES string of the molecule is COc1ccc(O)c(/C(C)=N/Nc2cccc(C)c2)c1. The summed E-state index contributed by atoms with van der Waals surface area (Å²) in [6, 6.07) is 13.0. The van der Waals surface area contributed by atoms with Crippen molar-refractivity contribution in [1.82, 2.24) is 0 Å². The van der Waals surface area contributed by atoms with Crippen LogP contribution in [0.25, 0.3) is 0 Å². The Balaban J connectivity index is 2.22. The Morgan fingerprint density at radius 3 is 2.70 bits per heavy atom. The van der Waals surface area contributed by atoms with E-state index in [0.717, 1.165) is 11.3 Å². The Morgan fingerprint density at radius 1 is 1.20 bits per heavy atom. The quantitative estimate of drug-likeness (QED) is 0.660. The maximum atomic E-state index is 9.88. The predicted molar refractivity (Wildman–Crippen MR) is 81.7 cm³/mol. The highest BCUT2D eigenvalue weighted by atomic mass is 16.5. The number of hydrogen-bond acceptors (Lipinski definition) is 4. The largest absolute Gasteiger partial charge is 0.507 e. The molecule has 0 saturated heterocycles. The van der Waals surface area contributed by atoms with Crippen LogP contribution in [0.4, 0.5) is 5.69 Å². The van der Waals surface area contributed by atoms with E-state index in [9.17, 15) is 5.11 Å². The first kappa shape index (κ1) is 13.9. The second-order valence-electron chi connectivity index (χ2n) is 4.56. The van der Waals surface area contributed by atoms with E-state index in [2.05, 4.69) is 10.5 Å². The highest BCUT2D eigenvalue weighted by molar-refractivity contribution is 6.01. The number of rotatable bonds is 4. The first-order valence-electron chi connectivity index (χ1n) is 6.34. The van der Waals surface area contributed by atoms with E-state index in [-0.39, 0.29) is 5.75 Å². The van der Waals surface area contributed by atoms with E-state index in [4.69, 9.17) is 4.74 Å². The fourth-order valence-electron chi connectivity index (χ4n) is 1.86. The summed E-state index contributed by atoms with van der Waals surface area (Å²) in [4.78, 5) is 0. The summed E-state index contributed by atoms with van der Waals surface area (Å²) in [6.45, 7) is 3.85. The average molecular weight is 270 g/mol. The molecule has 4 nitrogen and oxygen atoms in total. The molecular formula is C16H18N2O2. The standard InChI is InChI=1S/C16H18N2O2/c1-11-5-4-6-13(9-11)18-17-12(2)15-10-14(20-3)7-8-16(15)19/h4-10,18-19H,1-3H3/b17-12+. The van der Waals surface area contributed by atoms with Gasteiger partial charge in [0.15, 0.2) is 0 Å². The number of hydrazone groups is 1. The molecule has 0 bridgehead atoms. The molecule has 2 aromatic carbocycles. The molecule has 0 radical (unpaired) electrons. The van der Waals surface area contributed by atoms with Crippen LogP contribution >= 0.6 is 0 Å². The number of anilines is 1. The minimum Gasteiger partial charge on any atom is -0.507 e. The summed E-state index contributed by atoms with van der Waals surface area (Å²) in [6.07, 6.45) is 0. The molecule has 2 rings (SSSR count). The zero-order valence-corrected chi connectivity index (χ0v) is 11.8. The van der Waals surface area contributed by atoms with Gasteiger partial charge in [-0.25, -0.2) is 0 Å². The van der Waals surface area contributed by atoms with Crippen molar-refractivity contribution in [2.75, 3.05) is 12.5 Å². The lowest BCUT2D eigenvalue weighted by Crippen LogP contribution is -2.01. The number of ether oxygens (including phenoxy) is 1. The maximum Gasteiger partial charge on any atom is 0.124 e. The maximum absolute atomic E-state index is 9.88. The lowest BCUT2D eigenvalue weighted by molar-refractivity contribution is 0.412. The van der Waals surface area contributed by atoms with Crippen molar-refractivity contribution < 1.29 is 9.84 Å². The summed E-state index contributed by atoms with van der Waals surface area (Å²) >= 11 is 0. The van der Waals surface area contributed by atoms with Crippen LogP contribution in [0.1, 0.15) is 18.1 Å². The molecule has 20 heavy (non-hydrogen) atoms. The molecule has 0 aliphatic carbocycles. The molecule has 0 aliphatic heterocycles. The smallest absolute Gasteiger partial charge is 0.124 e. The van der Waals surface area contributed by atoms with Crippen molar-refractivity contribution in [1.29, 1.82) is 0 Å². The van der Waals surface area contributed by atoms with Crippen molar-refractivity contribution in [3.8, 4) is 11.5 Å². The normalized spacial score (nSPS) is 11.2.